The molecule has 14 heavy (non-hydrogen) atoms. The van der Waals surface area contributed by atoms with Gasteiger partial charge in [-0.15, -0.1) is 0 Å². The summed E-state index contributed by atoms with van der Waals surface area (Å²) in [6.45, 7) is 1.59. The summed E-state index contributed by atoms with van der Waals surface area (Å²) in [5.74, 6) is 0. The normalized spacial score (nSPS) is 12.0. The van der Waals surface area contributed by atoms with Crippen LogP contribution in [0.15, 0.2) is 35.7 Å². The van der Waals surface area contributed by atoms with Crippen molar-refractivity contribution in [3.63, 3.8) is 0 Å². The molecule has 0 spiro atoms. The van der Waals surface area contributed by atoms with Crippen molar-refractivity contribution in [1.29, 1.82) is 0 Å². The van der Waals surface area contributed by atoms with Crippen LogP contribution < -0.4 is 58.2 Å². The minimum atomic E-state index is -4.28. The Morgan fingerprint density at radius 1 is 1.29 bits per heavy atom. The van der Waals surface area contributed by atoms with Gasteiger partial charge < -0.3 is 4.55 Å². The molecule has 0 N–H and O–H groups in total. The van der Waals surface area contributed by atoms with Crippen molar-refractivity contribution < 1.29 is 71.2 Å². The van der Waals surface area contributed by atoms with Crippen LogP contribution in [0.2, 0.25) is 0 Å². The Morgan fingerprint density at radius 2 is 1.79 bits per heavy atom. The van der Waals surface area contributed by atoms with Crippen LogP contribution in [0.3, 0.4) is 0 Å². The number of benzene rings is 1. The van der Waals surface area contributed by atoms with Crippen LogP contribution in [0, 0.1) is 0 Å². The van der Waals surface area contributed by atoms with Gasteiger partial charge in [0.15, 0.2) is 0 Å². The van der Waals surface area contributed by atoms with Gasteiger partial charge in [-0.1, -0.05) is 30.3 Å². The third-order valence-electron chi connectivity index (χ3n) is 1.55. The maximum absolute atomic E-state index is 10.4. The van der Waals surface area contributed by atoms with Crippen LogP contribution in [0.5, 0.6) is 0 Å². The monoisotopic (exact) mass is 282 g/mol. The molecule has 0 bridgehead atoms. The second kappa shape index (κ2) is 6.30. The van der Waals surface area contributed by atoms with Crippen LogP contribution in [-0.2, 0) is 10.1 Å². The number of allylic oxidation sites excluding steroid dienone is 1. The van der Waals surface area contributed by atoms with Crippen molar-refractivity contribution in [2.45, 2.75) is 6.92 Å². The van der Waals surface area contributed by atoms with Gasteiger partial charge in [-0.25, -0.2) is 8.42 Å². The first-order valence-electron chi connectivity index (χ1n) is 3.69. The quantitative estimate of drug-likeness (QED) is 0.627. The van der Waals surface area contributed by atoms with Crippen LogP contribution in [0.25, 0.3) is 5.57 Å². The van der Waals surface area contributed by atoms with E-state index in [2.05, 4.69) is 0 Å². The topological polar surface area (TPSA) is 57.2 Å². The number of hydrogen-bond acceptors (Lipinski definition) is 3. The van der Waals surface area contributed by atoms with Crippen molar-refractivity contribution in [3.8, 4) is 0 Å². The molecular weight excluding hydrogens is 274 g/mol. The molecule has 0 unspecified atom stereocenters. The standard InChI is InChI=1S/C9H10O3S.Rb/c1-8(7-13(10,11)12)9-5-3-2-4-6-9;/h2-7H,1H3,(H,10,11,12);/q;+1/p-1. The van der Waals surface area contributed by atoms with Crippen LogP contribution in [-0.4, -0.2) is 13.0 Å². The first-order valence-corrected chi connectivity index (χ1v) is 5.16. The summed E-state index contributed by atoms with van der Waals surface area (Å²) >= 11 is 0. The summed E-state index contributed by atoms with van der Waals surface area (Å²) in [5.41, 5.74) is 1.19. The van der Waals surface area contributed by atoms with Crippen LogP contribution in [0.1, 0.15) is 12.5 Å². The van der Waals surface area contributed by atoms with E-state index in [0.717, 1.165) is 11.0 Å². The van der Waals surface area contributed by atoms with Crippen molar-refractivity contribution >= 4 is 15.7 Å². The molecule has 0 radical (unpaired) electrons. The predicted molar refractivity (Wildman–Crippen MR) is 49.8 cm³/mol. The molecule has 0 saturated carbocycles. The zero-order valence-electron chi connectivity index (χ0n) is 8.10. The van der Waals surface area contributed by atoms with Gasteiger partial charge in [-0.2, -0.15) is 0 Å². The first kappa shape index (κ1) is 14.7. The minimum absolute atomic E-state index is 0. The number of hydrogen-bond donors (Lipinski definition) is 0. The molecule has 3 nitrogen and oxygen atoms in total. The Morgan fingerprint density at radius 3 is 2.21 bits per heavy atom. The van der Waals surface area contributed by atoms with Gasteiger partial charge in [0, 0.05) is 5.41 Å². The molecule has 5 heteroatoms. The molecule has 0 heterocycles. The number of rotatable bonds is 2. The molecule has 70 valence electrons. The summed E-state index contributed by atoms with van der Waals surface area (Å²) in [7, 11) is -4.28. The zero-order valence-corrected chi connectivity index (χ0v) is 13.8. The van der Waals surface area contributed by atoms with Gasteiger partial charge in [0.1, 0.15) is 10.1 Å². The van der Waals surface area contributed by atoms with E-state index in [1.54, 1.807) is 31.2 Å². The molecule has 0 aliphatic heterocycles. The molecule has 0 aromatic heterocycles. The van der Waals surface area contributed by atoms with Crippen molar-refractivity contribution in [3.05, 3.63) is 41.3 Å². The Labute approximate surface area is 133 Å². The van der Waals surface area contributed by atoms with E-state index >= 15 is 0 Å². The van der Waals surface area contributed by atoms with E-state index in [0.29, 0.717) is 5.57 Å². The molecule has 1 aromatic carbocycles. The Hall–Kier alpha value is 0.675. The smallest absolute Gasteiger partial charge is 0.744 e. The summed E-state index contributed by atoms with van der Waals surface area (Å²) in [6.07, 6.45) is 0. The van der Waals surface area contributed by atoms with Gasteiger partial charge in [-0.3, -0.25) is 0 Å². The maximum atomic E-state index is 10.4. The van der Waals surface area contributed by atoms with E-state index in [-0.39, 0.29) is 58.2 Å². The Kier molecular flexibility index (Phi) is 6.60. The van der Waals surface area contributed by atoms with E-state index in [4.69, 9.17) is 0 Å². The van der Waals surface area contributed by atoms with E-state index in [1.807, 2.05) is 6.07 Å². The first-order chi connectivity index (χ1) is 5.99. The fourth-order valence-electron chi connectivity index (χ4n) is 0.986. The molecule has 1 aromatic rings. The average Bonchev–Trinajstić information content (AvgIpc) is 2.03. The fourth-order valence-corrected chi connectivity index (χ4v) is 1.55. The Bertz CT molecular complexity index is 409. The van der Waals surface area contributed by atoms with Gasteiger partial charge >= 0.3 is 58.2 Å². The average molecular weight is 283 g/mol. The van der Waals surface area contributed by atoms with Crippen LogP contribution in [0.4, 0.5) is 0 Å². The SMILES string of the molecule is CC(=CS(=O)(=O)[O-])c1ccccc1.[Rb+]. The molecular formula is C9H9O3RbS. The van der Waals surface area contributed by atoms with Gasteiger partial charge in [0.2, 0.25) is 0 Å². The fraction of sp³-hybridized carbons (Fsp3) is 0.111. The summed E-state index contributed by atoms with van der Waals surface area (Å²) < 4.78 is 31.1. The molecule has 1 rings (SSSR count). The third kappa shape index (κ3) is 5.53. The molecule has 0 aliphatic rings. The minimum Gasteiger partial charge on any atom is -0.744 e. The second-order valence-corrected chi connectivity index (χ2v) is 3.88. The summed E-state index contributed by atoms with van der Waals surface area (Å²) in [4.78, 5) is 0. The molecule has 0 amide bonds. The van der Waals surface area contributed by atoms with Gasteiger partial charge in [0.25, 0.3) is 0 Å². The maximum Gasteiger partial charge on any atom is 1.00 e. The molecule has 0 aliphatic carbocycles. The van der Waals surface area contributed by atoms with Crippen molar-refractivity contribution in [2.75, 3.05) is 0 Å². The van der Waals surface area contributed by atoms with E-state index in [1.165, 1.54) is 0 Å². The molecule has 0 saturated heterocycles. The predicted octanol–water partition coefficient (Wildman–Crippen LogP) is -1.40. The van der Waals surface area contributed by atoms with Crippen molar-refractivity contribution in [1.82, 2.24) is 0 Å². The molecule has 0 fully saturated rings. The summed E-state index contributed by atoms with van der Waals surface area (Å²) in [6, 6.07) is 8.88. The second-order valence-electron chi connectivity index (χ2n) is 2.66. The molecule has 0 atom stereocenters. The summed E-state index contributed by atoms with van der Waals surface area (Å²) in [5, 5.41) is 0.725. The van der Waals surface area contributed by atoms with E-state index < -0.39 is 10.1 Å². The zero-order chi connectivity index (χ0) is 9.90. The van der Waals surface area contributed by atoms with E-state index in [9.17, 15) is 13.0 Å². The van der Waals surface area contributed by atoms with Gasteiger partial charge in [0.05, 0.1) is 0 Å². The third-order valence-corrected chi connectivity index (χ3v) is 2.19. The Balaban J connectivity index is 0.00000169. The largest absolute Gasteiger partial charge is 1.00 e. The van der Waals surface area contributed by atoms with Crippen LogP contribution >= 0.6 is 0 Å². The van der Waals surface area contributed by atoms with Gasteiger partial charge in [-0.05, 0) is 18.1 Å². The van der Waals surface area contributed by atoms with Crippen molar-refractivity contribution in [2.24, 2.45) is 0 Å².